The van der Waals surface area contributed by atoms with E-state index in [2.05, 4.69) is 14.5 Å². The third kappa shape index (κ3) is 5.23. The van der Waals surface area contributed by atoms with E-state index >= 15 is 0 Å². The lowest BCUT2D eigenvalue weighted by atomic mass is 10.0. The summed E-state index contributed by atoms with van der Waals surface area (Å²) in [7, 11) is -4.87. The highest BCUT2D eigenvalue weighted by molar-refractivity contribution is 7.46. The van der Waals surface area contributed by atoms with Gasteiger partial charge in [0, 0.05) is 29.2 Å². The molecule has 0 aliphatic rings. The molecule has 0 saturated heterocycles. The van der Waals surface area contributed by atoms with E-state index in [1.54, 1.807) is 24.3 Å². The van der Waals surface area contributed by atoms with Gasteiger partial charge in [0.2, 0.25) is 0 Å². The van der Waals surface area contributed by atoms with E-state index in [1.165, 1.54) is 0 Å². The van der Waals surface area contributed by atoms with Crippen molar-refractivity contribution < 1.29 is 33.9 Å². The first-order chi connectivity index (χ1) is 12.2. The predicted octanol–water partition coefficient (Wildman–Crippen LogP) is 3.33. The van der Waals surface area contributed by atoms with Gasteiger partial charge in [-0.25, -0.2) is 4.57 Å². The maximum Gasteiger partial charge on any atom is 0.524 e. The largest absolute Gasteiger partial charge is 0.524 e. The topological polar surface area (TPSA) is 173 Å². The molecular formula is C15H14N3O7P. The predicted molar refractivity (Wildman–Crippen MR) is 90.3 cm³/mol. The second-order valence-corrected chi connectivity index (χ2v) is 6.36. The highest BCUT2D eigenvalue weighted by atomic mass is 31.2. The fraction of sp³-hybridized carbons (Fsp3) is 0.133. The third-order valence-electron chi connectivity index (χ3n) is 3.31. The van der Waals surface area contributed by atoms with Crippen LogP contribution in [0, 0.1) is 0 Å². The molecule has 2 aromatic rings. The Kier molecular flexibility index (Phi) is 5.86. The van der Waals surface area contributed by atoms with Gasteiger partial charge in [0.1, 0.15) is 22.8 Å². The monoisotopic (exact) mass is 379 g/mol. The van der Waals surface area contributed by atoms with Gasteiger partial charge in [0.15, 0.2) is 5.78 Å². The second-order valence-electron chi connectivity index (χ2n) is 5.20. The summed E-state index contributed by atoms with van der Waals surface area (Å²) in [6.07, 6.45) is 0.260. The summed E-state index contributed by atoms with van der Waals surface area (Å²) in [5, 5.41) is 23.2. The molecule has 10 nitrogen and oxygen atoms in total. The molecule has 0 aromatic heterocycles. The molecule has 136 valence electrons. The van der Waals surface area contributed by atoms with Crippen LogP contribution >= 0.6 is 7.82 Å². The lowest BCUT2D eigenvalue weighted by Gasteiger charge is -2.11. The highest BCUT2D eigenvalue weighted by Gasteiger charge is 2.22. The van der Waals surface area contributed by atoms with Crippen LogP contribution < -0.4 is 4.52 Å². The maximum absolute atomic E-state index is 12.2. The Morgan fingerprint density at radius 3 is 2.23 bits per heavy atom. The van der Waals surface area contributed by atoms with Crippen LogP contribution in [0.2, 0.25) is 0 Å². The summed E-state index contributed by atoms with van der Waals surface area (Å²) < 4.78 is 15.0. The summed E-state index contributed by atoms with van der Waals surface area (Å²) >= 11 is 0. The van der Waals surface area contributed by atoms with Crippen molar-refractivity contribution >= 4 is 19.3 Å². The summed E-state index contributed by atoms with van der Waals surface area (Å²) in [5.74, 6) is -2.35. The van der Waals surface area contributed by atoms with Crippen LogP contribution in [0.15, 0.2) is 41.5 Å². The lowest BCUT2D eigenvalue weighted by Crippen LogP contribution is -2.03. The fourth-order valence-electron chi connectivity index (χ4n) is 2.23. The molecule has 0 unspecified atom stereocenters. The van der Waals surface area contributed by atoms with Crippen LogP contribution in [0.4, 0.5) is 5.69 Å². The Balaban J connectivity index is 2.11. The minimum atomic E-state index is -4.87. The number of carbonyl (C=O) groups excluding carboxylic acids is 1. The van der Waals surface area contributed by atoms with E-state index in [0.717, 1.165) is 17.7 Å². The number of hydrogen-bond acceptors (Lipinski definition) is 6. The van der Waals surface area contributed by atoms with Crippen molar-refractivity contribution in [1.29, 1.82) is 0 Å². The van der Waals surface area contributed by atoms with Gasteiger partial charge in [0.25, 0.3) is 0 Å². The molecule has 4 N–H and O–H groups in total. The van der Waals surface area contributed by atoms with Crippen LogP contribution in [0.1, 0.15) is 22.3 Å². The number of azide groups is 1. The molecule has 0 heterocycles. The number of nitrogens with zero attached hydrogens (tertiary/aromatic N) is 3. The molecule has 26 heavy (non-hydrogen) atoms. The number of ketones is 1. The summed E-state index contributed by atoms with van der Waals surface area (Å²) in [6.45, 7) is 0. The van der Waals surface area contributed by atoms with Gasteiger partial charge in [-0.2, -0.15) is 0 Å². The van der Waals surface area contributed by atoms with Gasteiger partial charge in [-0.05, 0) is 17.5 Å². The molecule has 0 radical (unpaired) electrons. The quantitative estimate of drug-likeness (QED) is 0.188. The van der Waals surface area contributed by atoms with Crippen LogP contribution in [0.25, 0.3) is 10.4 Å². The minimum Gasteiger partial charge on any atom is -0.507 e. The SMILES string of the molecule is [N-]=[N+]=Nc1ccc(CCC(=O)c2c(O)cc(OP(=O)(O)O)cc2O)cc1. The lowest BCUT2D eigenvalue weighted by molar-refractivity contribution is 0.0977. The smallest absolute Gasteiger partial charge is 0.507 e. The van der Waals surface area contributed by atoms with E-state index in [1.807, 2.05) is 0 Å². The summed E-state index contributed by atoms with van der Waals surface area (Å²) in [5.41, 5.74) is 9.18. The molecule has 0 spiro atoms. The molecule has 0 aliphatic carbocycles. The van der Waals surface area contributed by atoms with E-state index < -0.39 is 30.9 Å². The van der Waals surface area contributed by atoms with Crippen molar-refractivity contribution in [1.82, 2.24) is 0 Å². The van der Waals surface area contributed by atoms with Gasteiger partial charge < -0.3 is 14.7 Å². The second kappa shape index (κ2) is 7.90. The van der Waals surface area contributed by atoms with Gasteiger partial charge in [-0.1, -0.05) is 29.4 Å². The van der Waals surface area contributed by atoms with E-state index in [0.29, 0.717) is 12.1 Å². The molecule has 0 aliphatic heterocycles. The number of phenols is 2. The summed E-state index contributed by atoms with van der Waals surface area (Å²) in [4.78, 5) is 32.4. The Labute approximate surface area is 147 Å². The Morgan fingerprint density at radius 1 is 1.15 bits per heavy atom. The normalized spacial score (nSPS) is 10.8. The zero-order chi connectivity index (χ0) is 19.3. The molecule has 2 rings (SSSR count). The summed E-state index contributed by atoms with van der Waals surface area (Å²) in [6, 6.07) is 8.19. The molecule has 0 bridgehead atoms. The standard InChI is InChI=1S/C15H14N3O7P/c16-18-17-10-4-1-9(2-5-10)3-6-12(19)15-13(20)7-11(8-14(15)21)25-26(22,23)24/h1-2,4-5,7-8,20-21H,3,6H2,(H2,22,23,24). The zero-order valence-electron chi connectivity index (χ0n) is 13.2. The average molecular weight is 379 g/mol. The minimum absolute atomic E-state index is 0.0410. The van der Waals surface area contributed by atoms with Crippen molar-refractivity contribution in [3.63, 3.8) is 0 Å². The molecule has 11 heteroatoms. The number of aryl methyl sites for hydroxylation is 1. The number of benzene rings is 2. The molecule has 0 atom stereocenters. The van der Waals surface area contributed by atoms with Crippen molar-refractivity contribution in [2.45, 2.75) is 12.8 Å². The Bertz CT molecular complexity index is 894. The number of phenolic OH excluding ortho intramolecular Hbond substituents is 2. The van der Waals surface area contributed by atoms with E-state index in [-0.39, 0.29) is 12.0 Å². The average Bonchev–Trinajstić information content (AvgIpc) is 2.52. The Hall–Kier alpha value is -3.03. The number of aromatic hydroxyl groups is 2. The van der Waals surface area contributed by atoms with Gasteiger partial charge in [-0.3, -0.25) is 14.6 Å². The number of phosphoric ester groups is 1. The molecule has 0 fully saturated rings. The first kappa shape index (κ1) is 19.3. The Morgan fingerprint density at radius 2 is 1.73 bits per heavy atom. The van der Waals surface area contributed by atoms with Crippen molar-refractivity contribution in [3.8, 4) is 17.2 Å². The fourth-order valence-corrected chi connectivity index (χ4v) is 2.61. The van der Waals surface area contributed by atoms with E-state index in [4.69, 9.17) is 15.3 Å². The van der Waals surface area contributed by atoms with Gasteiger partial charge in [0.05, 0.1) is 0 Å². The van der Waals surface area contributed by atoms with Crippen molar-refractivity contribution in [2.75, 3.05) is 0 Å². The first-order valence-electron chi connectivity index (χ1n) is 7.18. The molecular weight excluding hydrogens is 365 g/mol. The van der Waals surface area contributed by atoms with E-state index in [9.17, 15) is 19.6 Å². The molecule has 0 saturated carbocycles. The molecule has 2 aromatic carbocycles. The van der Waals surface area contributed by atoms with Crippen LogP contribution in [-0.2, 0) is 11.0 Å². The van der Waals surface area contributed by atoms with Crippen molar-refractivity contribution in [2.24, 2.45) is 5.11 Å². The number of rotatable bonds is 7. The van der Waals surface area contributed by atoms with Crippen LogP contribution in [0.3, 0.4) is 0 Å². The number of hydrogen-bond donors (Lipinski definition) is 4. The highest BCUT2D eigenvalue weighted by Crippen LogP contribution is 2.42. The third-order valence-corrected chi connectivity index (χ3v) is 3.76. The first-order valence-corrected chi connectivity index (χ1v) is 8.71. The number of Topliss-reactive ketones (excluding diaryl/α,β-unsaturated/α-hetero) is 1. The maximum atomic E-state index is 12.2. The van der Waals surface area contributed by atoms with Gasteiger partial charge in [-0.15, -0.1) is 0 Å². The van der Waals surface area contributed by atoms with Gasteiger partial charge >= 0.3 is 7.82 Å². The van der Waals surface area contributed by atoms with Crippen LogP contribution in [-0.4, -0.2) is 25.8 Å². The number of carbonyl (C=O) groups is 1. The molecule has 0 amide bonds. The zero-order valence-corrected chi connectivity index (χ0v) is 14.1. The van der Waals surface area contributed by atoms with Crippen molar-refractivity contribution in [3.05, 3.63) is 58.0 Å². The number of phosphoric acid groups is 1. The van der Waals surface area contributed by atoms with Crippen LogP contribution in [0.5, 0.6) is 17.2 Å².